The summed E-state index contributed by atoms with van der Waals surface area (Å²) in [6, 6.07) is 0. The van der Waals surface area contributed by atoms with Gasteiger partial charge in [0.1, 0.15) is 5.82 Å². The van der Waals surface area contributed by atoms with Crippen LogP contribution >= 0.6 is 0 Å². The number of aliphatic hydroxyl groups excluding tert-OH is 1. The van der Waals surface area contributed by atoms with E-state index in [-0.39, 0.29) is 6.61 Å². The largest absolute Gasteiger partial charge is 0.464 e. The number of imidazole rings is 1. The van der Waals surface area contributed by atoms with E-state index in [1.807, 2.05) is 6.92 Å². The smallest absolute Gasteiger partial charge is 0.342 e. The fourth-order valence-electron chi connectivity index (χ4n) is 1.32. The SMILES string of the molecule is CCCn1ccnc1C(O)C(=O)OCC. The van der Waals surface area contributed by atoms with Crippen molar-refractivity contribution >= 4 is 5.97 Å². The fourth-order valence-corrected chi connectivity index (χ4v) is 1.32. The number of carbonyl (C=O) groups is 1. The summed E-state index contributed by atoms with van der Waals surface area (Å²) in [5, 5.41) is 9.66. The first-order chi connectivity index (χ1) is 7.20. The van der Waals surface area contributed by atoms with E-state index in [0.29, 0.717) is 5.82 Å². The van der Waals surface area contributed by atoms with Gasteiger partial charge in [0.25, 0.3) is 0 Å². The van der Waals surface area contributed by atoms with Crippen LogP contribution < -0.4 is 0 Å². The number of aliphatic hydroxyl groups is 1. The Morgan fingerprint density at radius 1 is 1.67 bits per heavy atom. The predicted octanol–water partition coefficient (Wildman–Crippen LogP) is 0.890. The molecule has 0 bridgehead atoms. The first kappa shape index (κ1) is 11.7. The first-order valence-electron chi connectivity index (χ1n) is 5.06. The molecular weight excluding hydrogens is 196 g/mol. The van der Waals surface area contributed by atoms with Crippen LogP contribution in [0.25, 0.3) is 0 Å². The monoisotopic (exact) mass is 212 g/mol. The van der Waals surface area contributed by atoms with Crippen molar-refractivity contribution < 1.29 is 14.6 Å². The van der Waals surface area contributed by atoms with E-state index in [9.17, 15) is 9.90 Å². The molecule has 1 unspecified atom stereocenters. The third kappa shape index (κ3) is 2.79. The number of rotatable bonds is 5. The lowest BCUT2D eigenvalue weighted by atomic mass is 10.3. The van der Waals surface area contributed by atoms with E-state index in [1.165, 1.54) is 0 Å². The van der Waals surface area contributed by atoms with Crippen molar-refractivity contribution in [2.75, 3.05) is 6.61 Å². The minimum absolute atomic E-state index is 0.254. The number of aryl methyl sites for hydroxylation is 1. The van der Waals surface area contributed by atoms with Crippen LogP contribution in [0.3, 0.4) is 0 Å². The molecule has 0 fully saturated rings. The zero-order valence-electron chi connectivity index (χ0n) is 9.01. The van der Waals surface area contributed by atoms with Crippen LogP contribution in [0.5, 0.6) is 0 Å². The Morgan fingerprint density at radius 3 is 3.00 bits per heavy atom. The molecule has 1 aromatic heterocycles. The zero-order valence-corrected chi connectivity index (χ0v) is 9.01. The lowest BCUT2D eigenvalue weighted by Gasteiger charge is -2.11. The molecule has 15 heavy (non-hydrogen) atoms. The second kappa shape index (κ2) is 5.50. The highest BCUT2D eigenvalue weighted by atomic mass is 16.5. The van der Waals surface area contributed by atoms with Crippen LogP contribution in [0.1, 0.15) is 32.2 Å². The minimum Gasteiger partial charge on any atom is -0.464 e. The topological polar surface area (TPSA) is 64.3 Å². The van der Waals surface area contributed by atoms with Crippen molar-refractivity contribution in [3.63, 3.8) is 0 Å². The van der Waals surface area contributed by atoms with Crippen molar-refractivity contribution in [2.24, 2.45) is 0 Å². The molecule has 0 spiro atoms. The van der Waals surface area contributed by atoms with Crippen LogP contribution in [0.4, 0.5) is 0 Å². The summed E-state index contributed by atoms with van der Waals surface area (Å²) in [6.45, 7) is 4.69. The quantitative estimate of drug-likeness (QED) is 0.736. The van der Waals surface area contributed by atoms with Gasteiger partial charge in [-0.25, -0.2) is 9.78 Å². The lowest BCUT2D eigenvalue weighted by Crippen LogP contribution is -2.19. The molecule has 5 nitrogen and oxygen atoms in total. The molecule has 0 aromatic carbocycles. The lowest BCUT2D eigenvalue weighted by molar-refractivity contribution is -0.153. The van der Waals surface area contributed by atoms with Crippen molar-refractivity contribution in [3.8, 4) is 0 Å². The maximum absolute atomic E-state index is 11.3. The number of esters is 1. The van der Waals surface area contributed by atoms with E-state index in [1.54, 1.807) is 23.9 Å². The Labute approximate surface area is 88.7 Å². The van der Waals surface area contributed by atoms with Gasteiger partial charge >= 0.3 is 5.97 Å². The molecule has 1 rings (SSSR count). The van der Waals surface area contributed by atoms with Gasteiger partial charge in [-0.1, -0.05) is 6.92 Å². The Morgan fingerprint density at radius 2 is 2.40 bits per heavy atom. The molecule has 0 radical (unpaired) electrons. The molecule has 1 aromatic rings. The summed E-state index contributed by atoms with van der Waals surface area (Å²) in [5.41, 5.74) is 0. The summed E-state index contributed by atoms with van der Waals surface area (Å²) in [5.74, 6) is -0.309. The maximum Gasteiger partial charge on any atom is 0.342 e. The van der Waals surface area contributed by atoms with Crippen LogP contribution in [0, 0.1) is 0 Å². The van der Waals surface area contributed by atoms with Crippen LogP contribution in [0.15, 0.2) is 12.4 Å². The molecule has 1 heterocycles. The summed E-state index contributed by atoms with van der Waals surface area (Å²) in [4.78, 5) is 15.2. The summed E-state index contributed by atoms with van der Waals surface area (Å²) in [7, 11) is 0. The Bertz CT molecular complexity index is 322. The summed E-state index contributed by atoms with van der Waals surface area (Å²) < 4.78 is 6.47. The van der Waals surface area contributed by atoms with Gasteiger partial charge in [-0.05, 0) is 13.3 Å². The predicted molar refractivity (Wildman–Crippen MR) is 54.1 cm³/mol. The molecular formula is C10H16N2O3. The molecule has 84 valence electrons. The Balaban J connectivity index is 2.76. The molecule has 0 aliphatic rings. The molecule has 5 heteroatoms. The van der Waals surface area contributed by atoms with Gasteiger partial charge in [-0.3, -0.25) is 0 Å². The fraction of sp³-hybridized carbons (Fsp3) is 0.600. The van der Waals surface area contributed by atoms with Crippen molar-refractivity contribution in [1.82, 2.24) is 9.55 Å². The number of hydrogen-bond donors (Lipinski definition) is 1. The van der Waals surface area contributed by atoms with Gasteiger partial charge in [0.15, 0.2) is 0 Å². The number of aromatic nitrogens is 2. The normalized spacial score (nSPS) is 12.5. The highest BCUT2D eigenvalue weighted by Gasteiger charge is 2.22. The Hall–Kier alpha value is -1.36. The first-order valence-corrected chi connectivity index (χ1v) is 5.06. The van der Waals surface area contributed by atoms with E-state index < -0.39 is 12.1 Å². The Kier molecular flexibility index (Phi) is 4.30. The van der Waals surface area contributed by atoms with Crippen molar-refractivity contribution in [2.45, 2.75) is 32.9 Å². The van der Waals surface area contributed by atoms with Crippen LogP contribution in [-0.2, 0) is 16.1 Å². The average Bonchev–Trinajstić information content (AvgIpc) is 2.66. The number of nitrogens with zero attached hydrogens (tertiary/aromatic N) is 2. The number of ether oxygens (including phenoxy) is 1. The molecule has 1 atom stereocenters. The van der Waals surface area contributed by atoms with E-state index in [2.05, 4.69) is 4.98 Å². The zero-order chi connectivity index (χ0) is 11.3. The summed E-state index contributed by atoms with van der Waals surface area (Å²) >= 11 is 0. The highest BCUT2D eigenvalue weighted by molar-refractivity contribution is 5.75. The van der Waals surface area contributed by atoms with Gasteiger partial charge < -0.3 is 14.4 Å². The van der Waals surface area contributed by atoms with Gasteiger partial charge in [-0.2, -0.15) is 0 Å². The van der Waals surface area contributed by atoms with Gasteiger partial charge in [-0.15, -0.1) is 0 Å². The third-order valence-corrected chi connectivity index (χ3v) is 1.97. The molecule has 1 N–H and O–H groups in total. The van der Waals surface area contributed by atoms with Gasteiger partial charge in [0.2, 0.25) is 6.10 Å². The highest BCUT2D eigenvalue weighted by Crippen LogP contribution is 2.12. The molecule has 0 saturated carbocycles. The number of hydrogen-bond acceptors (Lipinski definition) is 4. The van der Waals surface area contributed by atoms with Crippen LogP contribution in [0.2, 0.25) is 0 Å². The van der Waals surface area contributed by atoms with E-state index in [4.69, 9.17) is 4.74 Å². The van der Waals surface area contributed by atoms with Crippen LogP contribution in [-0.4, -0.2) is 27.2 Å². The average molecular weight is 212 g/mol. The molecule has 0 saturated heterocycles. The van der Waals surface area contributed by atoms with E-state index >= 15 is 0 Å². The molecule has 0 aliphatic heterocycles. The van der Waals surface area contributed by atoms with Crippen molar-refractivity contribution in [3.05, 3.63) is 18.2 Å². The molecule has 0 amide bonds. The number of carbonyl (C=O) groups excluding carboxylic acids is 1. The van der Waals surface area contributed by atoms with E-state index in [0.717, 1.165) is 13.0 Å². The maximum atomic E-state index is 11.3. The van der Waals surface area contributed by atoms with Crippen molar-refractivity contribution in [1.29, 1.82) is 0 Å². The van der Waals surface area contributed by atoms with Gasteiger partial charge in [0.05, 0.1) is 6.61 Å². The summed E-state index contributed by atoms with van der Waals surface area (Å²) in [6.07, 6.45) is 2.93. The minimum atomic E-state index is -1.29. The third-order valence-electron chi connectivity index (χ3n) is 1.97. The standard InChI is InChI=1S/C10H16N2O3/c1-3-6-12-7-5-11-9(12)8(13)10(14)15-4-2/h5,7-8,13H,3-4,6H2,1-2H3. The molecule has 0 aliphatic carbocycles. The van der Waals surface area contributed by atoms with Gasteiger partial charge in [0, 0.05) is 18.9 Å². The second-order valence-electron chi connectivity index (χ2n) is 3.13. The second-order valence-corrected chi connectivity index (χ2v) is 3.13.